The second-order valence-corrected chi connectivity index (χ2v) is 4.52. The lowest BCUT2D eigenvalue weighted by Crippen LogP contribution is -2.32. The smallest absolute Gasteiger partial charge is 0.106 e. The fourth-order valence-corrected chi connectivity index (χ4v) is 1.48. The lowest BCUT2D eigenvalue weighted by atomic mass is 10.1. The van der Waals surface area contributed by atoms with E-state index in [2.05, 4.69) is 0 Å². The Hall–Kier alpha value is -0.680. The van der Waals surface area contributed by atoms with Crippen molar-refractivity contribution >= 4 is 0 Å². The van der Waals surface area contributed by atoms with E-state index in [-0.39, 0.29) is 37.6 Å². The van der Waals surface area contributed by atoms with Gasteiger partial charge in [0, 0.05) is 0 Å². The zero-order valence-electron chi connectivity index (χ0n) is 11.7. The highest BCUT2D eigenvalue weighted by Crippen LogP contribution is 2.13. The average molecular weight is 258 g/mol. The Morgan fingerprint density at radius 2 is 1.11 bits per heavy atom. The number of hydrogen-bond acceptors (Lipinski definition) is 4. The molecule has 0 saturated heterocycles. The van der Waals surface area contributed by atoms with Crippen LogP contribution in [-0.2, 0) is 9.47 Å². The SMILES string of the molecule is CC(C)O[C@H](/C=C/CO)[C@@H](/C=C/CO)OC(C)C. The molecule has 0 aliphatic rings. The van der Waals surface area contributed by atoms with Crippen molar-refractivity contribution in [2.24, 2.45) is 0 Å². The van der Waals surface area contributed by atoms with Crippen LogP contribution in [0, 0.1) is 0 Å². The first-order valence-corrected chi connectivity index (χ1v) is 6.37. The summed E-state index contributed by atoms with van der Waals surface area (Å²) >= 11 is 0. The van der Waals surface area contributed by atoms with Crippen molar-refractivity contribution in [1.82, 2.24) is 0 Å². The number of aliphatic hydroxyl groups excluding tert-OH is 2. The minimum absolute atomic E-state index is 0.0317. The molecule has 0 aliphatic heterocycles. The maximum Gasteiger partial charge on any atom is 0.106 e. The summed E-state index contributed by atoms with van der Waals surface area (Å²) in [7, 11) is 0. The monoisotopic (exact) mass is 258 g/mol. The predicted molar refractivity (Wildman–Crippen MR) is 72.5 cm³/mol. The van der Waals surface area contributed by atoms with Crippen molar-refractivity contribution in [2.75, 3.05) is 13.2 Å². The van der Waals surface area contributed by atoms with Gasteiger partial charge in [-0.05, 0) is 27.7 Å². The van der Waals surface area contributed by atoms with Crippen LogP contribution in [0.25, 0.3) is 0 Å². The minimum Gasteiger partial charge on any atom is -0.392 e. The molecule has 0 amide bonds. The molecule has 0 radical (unpaired) electrons. The van der Waals surface area contributed by atoms with E-state index in [0.29, 0.717) is 0 Å². The van der Waals surface area contributed by atoms with Gasteiger partial charge in [0.1, 0.15) is 12.2 Å². The predicted octanol–water partition coefficient (Wildman–Crippen LogP) is 1.67. The summed E-state index contributed by atoms with van der Waals surface area (Å²) in [6, 6.07) is 0. The fourth-order valence-electron chi connectivity index (χ4n) is 1.48. The van der Waals surface area contributed by atoms with Gasteiger partial charge in [0.25, 0.3) is 0 Å². The Morgan fingerprint density at radius 1 is 0.778 bits per heavy atom. The van der Waals surface area contributed by atoms with Crippen LogP contribution in [-0.4, -0.2) is 47.8 Å². The van der Waals surface area contributed by atoms with Gasteiger partial charge in [-0.2, -0.15) is 0 Å². The summed E-state index contributed by atoms with van der Waals surface area (Å²) in [5.41, 5.74) is 0. The molecule has 0 heterocycles. The molecule has 0 rings (SSSR count). The van der Waals surface area contributed by atoms with E-state index in [9.17, 15) is 0 Å². The van der Waals surface area contributed by atoms with Gasteiger partial charge in [-0.1, -0.05) is 24.3 Å². The van der Waals surface area contributed by atoms with Gasteiger partial charge in [-0.3, -0.25) is 0 Å². The maximum absolute atomic E-state index is 8.85. The molecule has 0 aromatic carbocycles. The van der Waals surface area contributed by atoms with Gasteiger partial charge in [0.15, 0.2) is 0 Å². The molecule has 18 heavy (non-hydrogen) atoms. The minimum atomic E-state index is -0.276. The Balaban J connectivity index is 4.80. The largest absolute Gasteiger partial charge is 0.392 e. The van der Waals surface area contributed by atoms with E-state index in [1.54, 1.807) is 24.3 Å². The standard InChI is InChI=1S/C14H26O4/c1-11(2)17-13(7-5-9-15)14(8-6-10-16)18-12(3)4/h5-8,11-16H,9-10H2,1-4H3/b7-5+,8-6+/t13-,14-/m1/s1. The van der Waals surface area contributed by atoms with Crippen LogP contribution in [0.1, 0.15) is 27.7 Å². The quantitative estimate of drug-likeness (QED) is 0.618. The molecular weight excluding hydrogens is 232 g/mol. The number of rotatable bonds is 9. The van der Waals surface area contributed by atoms with Gasteiger partial charge in [0.2, 0.25) is 0 Å². The summed E-state index contributed by atoms with van der Waals surface area (Å²) in [6.07, 6.45) is 6.40. The first kappa shape index (κ1) is 17.3. The summed E-state index contributed by atoms with van der Waals surface area (Å²) in [6.45, 7) is 7.72. The Bertz CT molecular complexity index is 220. The first-order valence-electron chi connectivity index (χ1n) is 6.37. The van der Waals surface area contributed by atoms with Crippen LogP contribution in [0.15, 0.2) is 24.3 Å². The second-order valence-electron chi connectivity index (χ2n) is 4.52. The van der Waals surface area contributed by atoms with Crippen LogP contribution in [0.5, 0.6) is 0 Å². The van der Waals surface area contributed by atoms with Gasteiger partial charge in [0.05, 0.1) is 25.4 Å². The highest BCUT2D eigenvalue weighted by atomic mass is 16.5. The van der Waals surface area contributed by atoms with Gasteiger partial charge < -0.3 is 19.7 Å². The lowest BCUT2D eigenvalue weighted by Gasteiger charge is -2.26. The number of hydrogen-bond donors (Lipinski definition) is 2. The third kappa shape index (κ3) is 8.42. The molecule has 0 saturated carbocycles. The summed E-state index contributed by atoms with van der Waals surface area (Å²) in [4.78, 5) is 0. The third-order valence-corrected chi connectivity index (χ3v) is 2.04. The van der Waals surface area contributed by atoms with Crippen molar-refractivity contribution in [1.29, 1.82) is 0 Å². The molecule has 2 atom stereocenters. The van der Waals surface area contributed by atoms with E-state index in [1.807, 2.05) is 27.7 Å². The van der Waals surface area contributed by atoms with E-state index in [0.717, 1.165) is 0 Å². The van der Waals surface area contributed by atoms with E-state index < -0.39 is 0 Å². The third-order valence-electron chi connectivity index (χ3n) is 2.04. The molecule has 0 aromatic rings. The molecular formula is C14H26O4. The molecule has 0 fully saturated rings. The van der Waals surface area contributed by atoms with Gasteiger partial charge in [-0.15, -0.1) is 0 Å². The van der Waals surface area contributed by atoms with Crippen molar-refractivity contribution in [3.05, 3.63) is 24.3 Å². The van der Waals surface area contributed by atoms with Crippen molar-refractivity contribution in [3.8, 4) is 0 Å². The van der Waals surface area contributed by atoms with Gasteiger partial charge >= 0.3 is 0 Å². The Labute approximate surface area is 110 Å². The number of aliphatic hydroxyl groups is 2. The number of ether oxygens (including phenoxy) is 2. The molecule has 2 N–H and O–H groups in total. The van der Waals surface area contributed by atoms with Gasteiger partial charge in [-0.25, -0.2) is 0 Å². The molecule has 0 spiro atoms. The summed E-state index contributed by atoms with van der Waals surface area (Å²) in [5.74, 6) is 0. The van der Waals surface area contributed by atoms with E-state index in [4.69, 9.17) is 19.7 Å². The Kier molecular flexibility index (Phi) is 9.87. The molecule has 4 nitrogen and oxygen atoms in total. The topological polar surface area (TPSA) is 58.9 Å². The fraction of sp³-hybridized carbons (Fsp3) is 0.714. The highest BCUT2D eigenvalue weighted by Gasteiger charge is 2.20. The average Bonchev–Trinajstić information content (AvgIpc) is 2.29. The molecule has 4 heteroatoms. The maximum atomic E-state index is 8.85. The summed E-state index contributed by atoms with van der Waals surface area (Å²) in [5, 5.41) is 17.7. The zero-order chi connectivity index (χ0) is 14.0. The van der Waals surface area contributed by atoms with Crippen LogP contribution in [0.2, 0.25) is 0 Å². The van der Waals surface area contributed by atoms with Crippen LogP contribution in [0.3, 0.4) is 0 Å². The van der Waals surface area contributed by atoms with E-state index >= 15 is 0 Å². The van der Waals surface area contributed by atoms with E-state index in [1.165, 1.54) is 0 Å². The van der Waals surface area contributed by atoms with Crippen molar-refractivity contribution in [3.63, 3.8) is 0 Å². The molecule has 0 aromatic heterocycles. The molecule has 0 unspecified atom stereocenters. The zero-order valence-corrected chi connectivity index (χ0v) is 11.7. The second kappa shape index (κ2) is 10.3. The summed E-state index contributed by atoms with van der Waals surface area (Å²) < 4.78 is 11.5. The van der Waals surface area contributed by atoms with Crippen LogP contribution in [0.4, 0.5) is 0 Å². The lowest BCUT2D eigenvalue weighted by molar-refractivity contribution is -0.0703. The van der Waals surface area contributed by atoms with Crippen LogP contribution < -0.4 is 0 Å². The van der Waals surface area contributed by atoms with Crippen molar-refractivity contribution < 1.29 is 19.7 Å². The molecule has 0 aliphatic carbocycles. The molecule has 106 valence electrons. The van der Waals surface area contributed by atoms with Crippen molar-refractivity contribution in [2.45, 2.75) is 52.1 Å². The normalized spacial score (nSPS) is 16.2. The first-order chi connectivity index (χ1) is 8.51. The Morgan fingerprint density at radius 3 is 1.33 bits per heavy atom. The van der Waals surface area contributed by atoms with Crippen LogP contribution >= 0.6 is 0 Å². The highest BCUT2D eigenvalue weighted by molar-refractivity contribution is 5.03. The molecule has 0 bridgehead atoms.